The van der Waals surface area contributed by atoms with Crippen molar-refractivity contribution >= 4 is 15.9 Å². The van der Waals surface area contributed by atoms with Gasteiger partial charge in [0.25, 0.3) is 0 Å². The van der Waals surface area contributed by atoms with E-state index in [0.29, 0.717) is 0 Å². The Morgan fingerprint density at radius 1 is 0.947 bits per heavy atom. The molecule has 0 saturated carbocycles. The lowest BCUT2D eigenvalue weighted by Gasteiger charge is -2.13. The van der Waals surface area contributed by atoms with E-state index < -0.39 is 11.7 Å². The minimum atomic E-state index is -4.40. The molecule has 19 heavy (non-hydrogen) atoms. The van der Waals surface area contributed by atoms with E-state index >= 15 is 0 Å². The molecule has 0 amide bonds. The van der Waals surface area contributed by atoms with E-state index in [1.165, 1.54) is 12.1 Å². The lowest BCUT2D eigenvalue weighted by atomic mass is 10.2. The minimum absolute atomic E-state index is 0.0709. The fourth-order valence-electron chi connectivity index (χ4n) is 1.58. The second kappa shape index (κ2) is 5.65. The molecule has 0 aliphatic heterocycles. The highest BCUT2D eigenvalue weighted by Crippen LogP contribution is 2.39. The van der Waals surface area contributed by atoms with Crippen LogP contribution in [0.2, 0.25) is 0 Å². The van der Waals surface area contributed by atoms with Crippen molar-refractivity contribution in [1.29, 1.82) is 0 Å². The molecule has 0 aliphatic rings. The molecule has 0 aliphatic carbocycles. The monoisotopic (exact) mass is 330 g/mol. The number of alkyl halides is 3. The number of hydrogen-bond donors (Lipinski definition) is 0. The normalized spacial score (nSPS) is 11.4. The van der Waals surface area contributed by atoms with E-state index in [0.717, 1.165) is 11.6 Å². The Morgan fingerprint density at radius 3 is 2.26 bits per heavy atom. The zero-order valence-electron chi connectivity index (χ0n) is 9.75. The summed E-state index contributed by atoms with van der Waals surface area (Å²) < 4.78 is 43.5. The highest BCUT2D eigenvalue weighted by atomic mass is 79.9. The largest absolute Gasteiger partial charge is 0.488 e. The quantitative estimate of drug-likeness (QED) is 0.765. The van der Waals surface area contributed by atoms with Gasteiger partial charge in [0.1, 0.15) is 12.4 Å². The molecule has 5 heteroatoms. The number of benzene rings is 2. The van der Waals surface area contributed by atoms with E-state index in [1.807, 2.05) is 30.3 Å². The smallest absolute Gasteiger partial charge is 0.417 e. The Hall–Kier alpha value is -1.49. The first-order chi connectivity index (χ1) is 8.98. The Labute approximate surface area is 117 Å². The summed E-state index contributed by atoms with van der Waals surface area (Å²) in [5.74, 6) is 0.179. The van der Waals surface area contributed by atoms with Gasteiger partial charge < -0.3 is 4.74 Å². The predicted octanol–water partition coefficient (Wildman–Crippen LogP) is 5.05. The van der Waals surface area contributed by atoms with Crippen molar-refractivity contribution in [2.24, 2.45) is 0 Å². The minimum Gasteiger partial charge on any atom is -0.488 e. The van der Waals surface area contributed by atoms with Gasteiger partial charge in [-0.15, -0.1) is 0 Å². The van der Waals surface area contributed by atoms with Crippen LogP contribution in [0.15, 0.2) is 53.0 Å². The average Bonchev–Trinajstić information content (AvgIpc) is 2.37. The molecule has 0 radical (unpaired) electrons. The van der Waals surface area contributed by atoms with Crippen LogP contribution in [-0.2, 0) is 12.8 Å². The van der Waals surface area contributed by atoms with E-state index in [-0.39, 0.29) is 16.8 Å². The number of ether oxygens (including phenoxy) is 1. The van der Waals surface area contributed by atoms with Gasteiger partial charge in [-0.3, -0.25) is 0 Å². The summed E-state index contributed by atoms with van der Waals surface area (Å²) in [7, 11) is 0. The molecule has 100 valence electrons. The average molecular weight is 331 g/mol. The molecule has 0 spiro atoms. The third kappa shape index (κ3) is 3.50. The molecule has 2 aromatic rings. The molecular formula is C14H10BrF3O. The van der Waals surface area contributed by atoms with Crippen molar-refractivity contribution in [2.45, 2.75) is 12.8 Å². The van der Waals surface area contributed by atoms with Crippen molar-refractivity contribution in [3.8, 4) is 5.75 Å². The van der Waals surface area contributed by atoms with Crippen LogP contribution in [0.1, 0.15) is 11.1 Å². The van der Waals surface area contributed by atoms with Gasteiger partial charge >= 0.3 is 6.18 Å². The lowest BCUT2D eigenvalue weighted by Crippen LogP contribution is -2.07. The van der Waals surface area contributed by atoms with Crippen molar-refractivity contribution in [3.05, 3.63) is 64.1 Å². The third-order valence-electron chi connectivity index (χ3n) is 2.51. The molecule has 0 fully saturated rings. The van der Waals surface area contributed by atoms with E-state index in [2.05, 4.69) is 15.9 Å². The van der Waals surface area contributed by atoms with Gasteiger partial charge in [-0.05, 0) is 33.6 Å². The molecule has 1 nitrogen and oxygen atoms in total. The van der Waals surface area contributed by atoms with Gasteiger partial charge in [-0.1, -0.05) is 36.4 Å². The van der Waals surface area contributed by atoms with Gasteiger partial charge in [-0.2, -0.15) is 13.2 Å². The van der Waals surface area contributed by atoms with Crippen LogP contribution in [0, 0.1) is 0 Å². The molecule has 0 heterocycles. The highest BCUT2D eigenvalue weighted by molar-refractivity contribution is 9.10. The summed E-state index contributed by atoms with van der Waals surface area (Å²) in [4.78, 5) is 0. The maximum Gasteiger partial charge on any atom is 0.417 e. The number of rotatable bonds is 3. The Balaban J connectivity index is 2.18. The standard InChI is InChI=1S/C14H10BrF3O/c15-13-11(14(16,17)18)7-4-8-12(13)19-9-10-5-2-1-3-6-10/h1-8H,9H2. The number of halogens is 4. The van der Waals surface area contributed by atoms with Crippen LogP contribution >= 0.6 is 15.9 Å². The van der Waals surface area contributed by atoms with E-state index in [1.54, 1.807) is 0 Å². The van der Waals surface area contributed by atoms with Gasteiger partial charge in [0.2, 0.25) is 0 Å². The maximum absolute atomic E-state index is 12.7. The first kappa shape index (κ1) is 13.9. The summed E-state index contributed by atoms with van der Waals surface area (Å²) in [5.41, 5.74) is 0.157. The van der Waals surface area contributed by atoms with E-state index in [4.69, 9.17) is 4.74 Å². The van der Waals surface area contributed by atoms with Crippen molar-refractivity contribution < 1.29 is 17.9 Å². The summed E-state index contributed by atoms with van der Waals surface area (Å²) in [5, 5.41) is 0. The molecule has 0 aromatic heterocycles. The van der Waals surface area contributed by atoms with E-state index in [9.17, 15) is 13.2 Å². The summed E-state index contributed by atoms with van der Waals surface area (Å²) in [6.45, 7) is 0.223. The topological polar surface area (TPSA) is 9.23 Å². The molecule has 0 N–H and O–H groups in total. The van der Waals surface area contributed by atoms with Gasteiger partial charge in [0.15, 0.2) is 0 Å². The maximum atomic E-state index is 12.7. The van der Waals surface area contributed by atoms with Crippen LogP contribution in [0.3, 0.4) is 0 Å². The fraction of sp³-hybridized carbons (Fsp3) is 0.143. The molecule has 0 bridgehead atoms. The van der Waals surface area contributed by atoms with Crippen LogP contribution in [0.25, 0.3) is 0 Å². The van der Waals surface area contributed by atoms with Crippen molar-refractivity contribution in [1.82, 2.24) is 0 Å². The van der Waals surface area contributed by atoms with Crippen LogP contribution < -0.4 is 4.74 Å². The summed E-state index contributed by atoms with van der Waals surface area (Å²) in [6.07, 6.45) is -4.40. The first-order valence-corrected chi connectivity index (χ1v) is 6.30. The summed E-state index contributed by atoms with van der Waals surface area (Å²) in [6, 6.07) is 13.1. The third-order valence-corrected chi connectivity index (χ3v) is 3.32. The SMILES string of the molecule is FC(F)(F)c1cccc(OCc2ccccc2)c1Br. The molecule has 0 unspecified atom stereocenters. The summed E-state index contributed by atoms with van der Waals surface area (Å²) >= 11 is 2.95. The predicted molar refractivity (Wildman–Crippen MR) is 69.9 cm³/mol. The lowest BCUT2D eigenvalue weighted by molar-refractivity contribution is -0.138. The Morgan fingerprint density at radius 2 is 1.63 bits per heavy atom. The van der Waals surface area contributed by atoms with Crippen molar-refractivity contribution in [2.75, 3.05) is 0 Å². The van der Waals surface area contributed by atoms with Crippen LogP contribution in [0.4, 0.5) is 13.2 Å². The molecule has 2 aromatic carbocycles. The zero-order chi connectivity index (χ0) is 13.9. The highest BCUT2D eigenvalue weighted by Gasteiger charge is 2.33. The van der Waals surface area contributed by atoms with Gasteiger partial charge in [0, 0.05) is 0 Å². The van der Waals surface area contributed by atoms with Crippen LogP contribution in [0.5, 0.6) is 5.75 Å². The molecule has 2 rings (SSSR count). The Bertz CT molecular complexity index is 552. The second-order valence-corrected chi connectivity index (χ2v) is 4.68. The van der Waals surface area contributed by atoms with Crippen LogP contribution in [-0.4, -0.2) is 0 Å². The Kier molecular flexibility index (Phi) is 4.14. The molecule has 0 saturated heterocycles. The van der Waals surface area contributed by atoms with Gasteiger partial charge in [0.05, 0.1) is 10.0 Å². The fourth-order valence-corrected chi connectivity index (χ4v) is 2.18. The first-order valence-electron chi connectivity index (χ1n) is 5.51. The second-order valence-electron chi connectivity index (χ2n) is 3.89. The number of hydrogen-bond acceptors (Lipinski definition) is 1. The van der Waals surface area contributed by atoms with Crippen molar-refractivity contribution in [3.63, 3.8) is 0 Å². The zero-order valence-corrected chi connectivity index (χ0v) is 11.3. The molecular weight excluding hydrogens is 321 g/mol. The molecule has 0 atom stereocenters. The van der Waals surface area contributed by atoms with Gasteiger partial charge in [-0.25, -0.2) is 0 Å².